The number of anilines is 2. The summed E-state index contributed by atoms with van der Waals surface area (Å²) in [4.78, 5) is 39.3. The summed E-state index contributed by atoms with van der Waals surface area (Å²) in [6.07, 6.45) is 0.558. The third-order valence-corrected chi connectivity index (χ3v) is 7.95. The minimum atomic E-state index is -4.00. The Kier molecular flexibility index (Phi) is 11.2. The van der Waals surface area contributed by atoms with E-state index in [1.165, 1.54) is 26.4 Å². The fourth-order valence-corrected chi connectivity index (χ4v) is 6.20. The van der Waals surface area contributed by atoms with Crippen LogP contribution in [-0.2, 0) is 42.5 Å². The molecule has 0 fully saturated rings. The molecule has 0 atom stereocenters. The molecule has 0 radical (unpaired) electrons. The molecule has 0 saturated heterocycles. The number of ether oxygens (including phenoxy) is 4. The number of nitrogens with one attached hydrogen (secondary N) is 2. The van der Waals surface area contributed by atoms with Crippen molar-refractivity contribution in [2.45, 2.75) is 12.8 Å². The molecule has 6 N–H and O–H groups in total. The summed E-state index contributed by atoms with van der Waals surface area (Å²) in [6.45, 7) is 0. The van der Waals surface area contributed by atoms with Crippen molar-refractivity contribution in [3.05, 3.63) is 95.1 Å². The number of benzene rings is 4. The highest BCUT2D eigenvalue weighted by Gasteiger charge is 2.32. The predicted octanol–water partition coefficient (Wildman–Crippen LogP) is 3.32. The molecule has 2 amide bonds. The van der Waals surface area contributed by atoms with E-state index < -0.39 is 50.5 Å². The van der Waals surface area contributed by atoms with Crippen LogP contribution >= 0.6 is 0 Å². The zero-order chi connectivity index (χ0) is 36.8. The van der Waals surface area contributed by atoms with Gasteiger partial charge in [-0.05, 0) is 36.4 Å². The molecular formula is C33H34N4O11S2. The summed E-state index contributed by atoms with van der Waals surface area (Å²) >= 11 is 0. The Labute approximate surface area is 288 Å². The van der Waals surface area contributed by atoms with E-state index >= 15 is 0 Å². The second-order valence-corrected chi connectivity index (χ2v) is 14.3. The lowest BCUT2D eigenvalue weighted by molar-refractivity contribution is -0.118. The second kappa shape index (κ2) is 15.2. The SMILES string of the molecule is COc1c(C(=O)c2cc(Oc3ccccc3)c(NS(C)(=O)=O)c(CC(N)=O)c2OC)cc(Oc2ccccc2)c(NS(C)(=O)=O)c1CC(N)=O. The molecule has 0 aliphatic rings. The highest BCUT2D eigenvalue weighted by molar-refractivity contribution is 7.92. The molecule has 0 unspecified atom stereocenters. The highest BCUT2D eigenvalue weighted by Crippen LogP contribution is 2.46. The lowest BCUT2D eigenvalue weighted by Gasteiger charge is -2.23. The van der Waals surface area contributed by atoms with Gasteiger partial charge in [-0.25, -0.2) is 16.8 Å². The maximum atomic E-state index is 14.7. The van der Waals surface area contributed by atoms with Crippen molar-refractivity contribution in [1.82, 2.24) is 0 Å². The van der Waals surface area contributed by atoms with Crippen molar-refractivity contribution < 1.29 is 50.2 Å². The van der Waals surface area contributed by atoms with Crippen molar-refractivity contribution >= 4 is 49.0 Å². The number of carbonyl (C=O) groups excluding carboxylic acids is 3. The fraction of sp³-hybridized carbons (Fsp3) is 0.182. The van der Waals surface area contributed by atoms with Gasteiger partial charge in [-0.3, -0.25) is 23.8 Å². The largest absolute Gasteiger partial charge is 0.496 e. The lowest BCUT2D eigenvalue weighted by Crippen LogP contribution is -2.21. The van der Waals surface area contributed by atoms with E-state index in [9.17, 15) is 31.2 Å². The van der Waals surface area contributed by atoms with Crippen LogP contribution in [0.3, 0.4) is 0 Å². The van der Waals surface area contributed by atoms with Gasteiger partial charge in [0.05, 0.1) is 62.1 Å². The summed E-state index contributed by atoms with van der Waals surface area (Å²) < 4.78 is 78.0. The third-order valence-electron chi connectivity index (χ3n) is 6.80. The molecule has 4 aromatic rings. The van der Waals surface area contributed by atoms with E-state index in [2.05, 4.69) is 9.44 Å². The van der Waals surface area contributed by atoms with Crippen molar-refractivity contribution in [2.75, 3.05) is 36.2 Å². The van der Waals surface area contributed by atoms with E-state index in [-0.39, 0.29) is 68.1 Å². The highest BCUT2D eigenvalue weighted by atomic mass is 32.2. The van der Waals surface area contributed by atoms with Crippen LogP contribution < -0.4 is 39.9 Å². The van der Waals surface area contributed by atoms with Crippen LogP contribution in [0.5, 0.6) is 34.5 Å². The number of ketones is 1. The summed E-state index contributed by atoms with van der Waals surface area (Å²) in [5.74, 6) is -3.06. The molecule has 50 heavy (non-hydrogen) atoms. The molecule has 0 aliphatic heterocycles. The summed E-state index contributed by atoms with van der Waals surface area (Å²) in [7, 11) is -5.62. The minimum absolute atomic E-state index is 0.130. The van der Waals surface area contributed by atoms with Gasteiger partial charge in [0.25, 0.3) is 0 Å². The maximum Gasteiger partial charge on any atom is 0.229 e. The van der Waals surface area contributed by atoms with Crippen LogP contribution in [0.4, 0.5) is 11.4 Å². The Bertz CT molecular complexity index is 2010. The topological polar surface area (TPSA) is 233 Å². The lowest BCUT2D eigenvalue weighted by atomic mass is 9.93. The number of amides is 2. The van der Waals surface area contributed by atoms with Gasteiger partial charge < -0.3 is 30.4 Å². The number of para-hydroxylation sites is 2. The average Bonchev–Trinajstić information content (AvgIpc) is 3.03. The molecular weight excluding hydrogens is 693 g/mol. The molecule has 0 saturated carbocycles. The van der Waals surface area contributed by atoms with Gasteiger partial charge in [0, 0.05) is 11.1 Å². The van der Waals surface area contributed by atoms with E-state index in [1.54, 1.807) is 60.7 Å². The minimum Gasteiger partial charge on any atom is -0.496 e. The number of hydrogen-bond acceptors (Lipinski definition) is 11. The van der Waals surface area contributed by atoms with Crippen LogP contribution in [0.25, 0.3) is 0 Å². The van der Waals surface area contributed by atoms with Crippen LogP contribution in [0.15, 0.2) is 72.8 Å². The quantitative estimate of drug-likeness (QED) is 0.122. The van der Waals surface area contributed by atoms with Crippen LogP contribution in [-0.4, -0.2) is 61.2 Å². The number of nitrogens with two attached hydrogens (primary N) is 2. The van der Waals surface area contributed by atoms with Crippen molar-refractivity contribution in [1.29, 1.82) is 0 Å². The van der Waals surface area contributed by atoms with Gasteiger partial charge >= 0.3 is 0 Å². The molecule has 15 nitrogen and oxygen atoms in total. The van der Waals surface area contributed by atoms with Gasteiger partial charge in [-0.15, -0.1) is 0 Å². The monoisotopic (exact) mass is 726 g/mol. The van der Waals surface area contributed by atoms with Crippen LogP contribution in [0.2, 0.25) is 0 Å². The van der Waals surface area contributed by atoms with E-state index in [0.29, 0.717) is 0 Å². The standard InChI is InChI=1S/C33H34N4O11S2/c1-45-32-21(17-27(34)38)29(36-49(3,41)42)25(47-19-11-7-5-8-12-19)15-23(32)31(40)24-16-26(48-20-13-9-6-10-14-20)30(37-50(4,43)44)22(18-28(35)39)33(24)46-2/h5-16,36-37H,17-18H2,1-4H3,(H2,34,38)(H2,35,39). The molecule has 4 aromatic carbocycles. The van der Waals surface area contributed by atoms with Gasteiger partial charge in [0.1, 0.15) is 23.0 Å². The van der Waals surface area contributed by atoms with Crippen LogP contribution in [0.1, 0.15) is 27.0 Å². The molecule has 17 heteroatoms. The van der Waals surface area contributed by atoms with Gasteiger partial charge in [-0.1, -0.05) is 36.4 Å². The van der Waals surface area contributed by atoms with Crippen molar-refractivity contribution in [3.8, 4) is 34.5 Å². The number of sulfonamides is 2. The Balaban J connectivity index is 2.11. The summed E-state index contributed by atoms with van der Waals surface area (Å²) in [5.41, 5.74) is 9.91. The summed E-state index contributed by atoms with van der Waals surface area (Å²) in [5, 5.41) is 0. The first-order chi connectivity index (χ1) is 23.5. The maximum absolute atomic E-state index is 14.7. The van der Waals surface area contributed by atoms with E-state index in [0.717, 1.165) is 12.5 Å². The first-order valence-corrected chi connectivity index (χ1v) is 18.3. The number of carbonyl (C=O) groups is 3. The number of rotatable bonds is 16. The smallest absolute Gasteiger partial charge is 0.229 e. The van der Waals surface area contributed by atoms with Crippen molar-refractivity contribution in [3.63, 3.8) is 0 Å². The van der Waals surface area contributed by atoms with Crippen molar-refractivity contribution in [2.24, 2.45) is 11.5 Å². The number of hydrogen-bond donors (Lipinski definition) is 4. The molecule has 0 bridgehead atoms. The number of primary amides is 2. The Morgan fingerprint density at radius 2 is 0.960 bits per heavy atom. The first kappa shape index (κ1) is 37.0. The van der Waals surface area contributed by atoms with Gasteiger partial charge in [-0.2, -0.15) is 0 Å². The third kappa shape index (κ3) is 9.20. The second-order valence-electron chi connectivity index (χ2n) is 10.8. The molecule has 0 aliphatic carbocycles. The molecule has 264 valence electrons. The van der Waals surface area contributed by atoms with E-state index in [1.807, 2.05) is 0 Å². The molecule has 0 spiro atoms. The molecule has 0 aromatic heterocycles. The predicted molar refractivity (Wildman–Crippen MR) is 185 cm³/mol. The van der Waals surface area contributed by atoms with Gasteiger partial charge in [0.2, 0.25) is 37.6 Å². The Morgan fingerprint density at radius 1 is 0.620 bits per heavy atom. The summed E-state index contributed by atoms with van der Waals surface area (Å²) in [6, 6.07) is 18.7. The Hall–Kier alpha value is -5.81. The van der Waals surface area contributed by atoms with Gasteiger partial charge in [0.15, 0.2) is 11.5 Å². The molecule has 4 rings (SSSR count). The zero-order valence-electron chi connectivity index (χ0n) is 27.3. The fourth-order valence-electron chi connectivity index (χ4n) is 5.01. The number of methoxy groups -OCH3 is 2. The van der Waals surface area contributed by atoms with Crippen LogP contribution in [0, 0.1) is 0 Å². The first-order valence-electron chi connectivity index (χ1n) is 14.5. The molecule has 0 heterocycles. The average molecular weight is 727 g/mol. The normalized spacial score (nSPS) is 11.3. The Morgan fingerprint density at radius 3 is 1.24 bits per heavy atom. The zero-order valence-corrected chi connectivity index (χ0v) is 28.9. The van der Waals surface area contributed by atoms with E-state index in [4.69, 9.17) is 30.4 Å².